The van der Waals surface area contributed by atoms with Gasteiger partial charge in [-0.05, 0) is 26.4 Å². The summed E-state index contributed by atoms with van der Waals surface area (Å²) in [7, 11) is 4.29. The van der Waals surface area contributed by atoms with E-state index in [4.69, 9.17) is 9.47 Å². The monoisotopic (exact) mass is 284 g/mol. The van der Waals surface area contributed by atoms with Gasteiger partial charge in [-0.15, -0.1) is 0 Å². The second-order valence-electron chi connectivity index (χ2n) is 6.95. The normalized spacial score (nSPS) is 41.9. The highest BCUT2D eigenvalue weighted by atomic mass is 16.7. The maximum absolute atomic E-state index is 10.4. The van der Waals surface area contributed by atoms with Gasteiger partial charge in [0.2, 0.25) is 0 Å². The molecule has 0 aromatic carbocycles. The van der Waals surface area contributed by atoms with Gasteiger partial charge in [-0.1, -0.05) is 6.92 Å². The Bertz CT molecular complexity index is 344. The summed E-state index contributed by atoms with van der Waals surface area (Å²) >= 11 is 0. The lowest BCUT2D eigenvalue weighted by molar-refractivity contribution is -0.204. The number of likely N-dealkylation sites (tertiary alicyclic amines) is 1. The lowest BCUT2D eigenvalue weighted by Gasteiger charge is -2.43. The van der Waals surface area contributed by atoms with Crippen LogP contribution in [0.25, 0.3) is 0 Å². The Morgan fingerprint density at radius 1 is 1.20 bits per heavy atom. The maximum Gasteiger partial charge on any atom is 0.170 e. The first-order valence-corrected chi connectivity index (χ1v) is 7.87. The molecular formula is C15H28N2O3. The predicted octanol–water partition coefficient (Wildman–Crippen LogP) is 0.525. The van der Waals surface area contributed by atoms with Gasteiger partial charge in [-0.25, -0.2) is 0 Å². The number of rotatable bonds is 2. The summed E-state index contributed by atoms with van der Waals surface area (Å²) in [5.74, 6) is 0.226. The van der Waals surface area contributed by atoms with Gasteiger partial charge in [0.05, 0.1) is 19.3 Å². The molecule has 3 aliphatic rings. The molecule has 3 fully saturated rings. The van der Waals surface area contributed by atoms with Crippen molar-refractivity contribution in [2.75, 3.05) is 40.4 Å². The van der Waals surface area contributed by atoms with E-state index < -0.39 is 5.79 Å². The molecule has 2 aliphatic heterocycles. The minimum absolute atomic E-state index is 0.175. The van der Waals surface area contributed by atoms with Crippen molar-refractivity contribution in [3.05, 3.63) is 0 Å². The van der Waals surface area contributed by atoms with Crippen LogP contribution in [0.1, 0.15) is 26.2 Å². The molecule has 0 radical (unpaired) electrons. The topological polar surface area (TPSA) is 45.2 Å². The van der Waals surface area contributed by atoms with E-state index in [0.29, 0.717) is 25.2 Å². The van der Waals surface area contributed by atoms with Crippen molar-refractivity contribution in [3.63, 3.8) is 0 Å². The lowest BCUT2D eigenvalue weighted by atomic mass is 9.86. The van der Waals surface area contributed by atoms with E-state index in [2.05, 4.69) is 30.8 Å². The van der Waals surface area contributed by atoms with E-state index in [1.165, 1.54) is 0 Å². The molecule has 0 amide bonds. The van der Waals surface area contributed by atoms with Crippen LogP contribution in [0.4, 0.5) is 0 Å². The minimum Gasteiger partial charge on any atom is -0.391 e. The molecule has 4 unspecified atom stereocenters. The molecule has 5 nitrogen and oxygen atoms in total. The fourth-order valence-corrected chi connectivity index (χ4v) is 4.18. The quantitative estimate of drug-likeness (QED) is 0.801. The molecule has 0 bridgehead atoms. The van der Waals surface area contributed by atoms with Crippen LogP contribution >= 0.6 is 0 Å². The Morgan fingerprint density at radius 2 is 1.90 bits per heavy atom. The lowest BCUT2D eigenvalue weighted by Crippen LogP contribution is -2.53. The highest BCUT2D eigenvalue weighted by Crippen LogP contribution is 2.39. The van der Waals surface area contributed by atoms with Crippen molar-refractivity contribution >= 4 is 0 Å². The van der Waals surface area contributed by atoms with Crippen molar-refractivity contribution in [2.24, 2.45) is 5.92 Å². The number of hydrogen-bond acceptors (Lipinski definition) is 5. The molecule has 0 aromatic heterocycles. The second kappa shape index (κ2) is 5.54. The van der Waals surface area contributed by atoms with E-state index in [1.807, 2.05) is 0 Å². The van der Waals surface area contributed by atoms with Gasteiger partial charge in [0.15, 0.2) is 5.79 Å². The third-order valence-electron chi connectivity index (χ3n) is 5.33. The number of nitrogens with zero attached hydrogens (tertiary/aromatic N) is 2. The summed E-state index contributed by atoms with van der Waals surface area (Å²) in [5, 5.41) is 10.4. The van der Waals surface area contributed by atoms with Gasteiger partial charge in [0.1, 0.15) is 0 Å². The van der Waals surface area contributed by atoms with Crippen LogP contribution in [0, 0.1) is 5.92 Å². The van der Waals surface area contributed by atoms with Crippen LogP contribution < -0.4 is 0 Å². The van der Waals surface area contributed by atoms with Crippen LogP contribution in [0.15, 0.2) is 0 Å². The number of ether oxygens (including phenoxy) is 2. The molecule has 5 heteroatoms. The molecule has 1 aliphatic carbocycles. The number of aliphatic hydroxyl groups is 1. The van der Waals surface area contributed by atoms with Crippen LogP contribution in [0.3, 0.4) is 0 Å². The largest absolute Gasteiger partial charge is 0.391 e. The van der Waals surface area contributed by atoms with Gasteiger partial charge < -0.3 is 19.5 Å². The third kappa shape index (κ3) is 2.62. The Kier molecular flexibility index (Phi) is 4.08. The van der Waals surface area contributed by atoms with Crippen LogP contribution in [-0.2, 0) is 9.47 Å². The Morgan fingerprint density at radius 3 is 2.50 bits per heavy atom. The van der Waals surface area contributed by atoms with Crippen molar-refractivity contribution in [1.29, 1.82) is 0 Å². The van der Waals surface area contributed by atoms with Gasteiger partial charge in [0, 0.05) is 38.0 Å². The zero-order valence-corrected chi connectivity index (χ0v) is 12.9. The molecule has 2 heterocycles. The summed E-state index contributed by atoms with van der Waals surface area (Å²) in [6.45, 7) is 5.78. The van der Waals surface area contributed by atoms with Crippen LogP contribution in [0.2, 0.25) is 0 Å². The number of aliphatic hydroxyl groups excluding tert-OH is 1. The number of hydrogen-bond donors (Lipinski definition) is 1. The SMILES string of the molecule is CC1CN(C2CC3(CCC2O)OCCO3)CC1N(C)C. The van der Waals surface area contributed by atoms with E-state index >= 15 is 0 Å². The first-order chi connectivity index (χ1) is 9.51. The molecule has 1 spiro atoms. The van der Waals surface area contributed by atoms with Crippen molar-refractivity contribution in [3.8, 4) is 0 Å². The van der Waals surface area contributed by atoms with E-state index in [9.17, 15) is 5.11 Å². The summed E-state index contributed by atoms with van der Waals surface area (Å²) in [6.07, 6.45) is 2.16. The van der Waals surface area contributed by atoms with Crippen molar-refractivity contribution < 1.29 is 14.6 Å². The highest BCUT2D eigenvalue weighted by molar-refractivity contribution is 4.98. The second-order valence-corrected chi connectivity index (χ2v) is 6.95. The molecule has 4 atom stereocenters. The average molecular weight is 284 g/mol. The van der Waals surface area contributed by atoms with E-state index in [1.54, 1.807) is 0 Å². The maximum atomic E-state index is 10.4. The Balaban J connectivity index is 1.69. The molecular weight excluding hydrogens is 256 g/mol. The smallest absolute Gasteiger partial charge is 0.170 e. The fourth-order valence-electron chi connectivity index (χ4n) is 4.18. The van der Waals surface area contributed by atoms with Gasteiger partial charge >= 0.3 is 0 Å². The van der Waals surface area contributed by atoms with E-state index in [0.717, 1.165) is 32.4 Å². The summed E-state index contributed by atoms with van der Waals surface area (Å²) in [4.78, 5) is 4.75. The molecule has 116 valence electrons. The van der Waals surface area contributed by atoms with Gasteiger partial charge in [-0.2, -0.15) is 0 Å². The highest BCUT2D eigenvalue weighted by Gasteiger charge is 2.48. The first kappa shape index (κ1) is 14.7. The molecule has 2 saturated heterocycles. The minimum atomic E-state index is -0.413. The molecule has 20 heavy (non-hydrogen) atoms. The predicted molar refractivity (Wildman–Crippen MR) is 76.5 cm³/mol. The van der Waals surface area contributed by atoms with Crippen LogP contribution in [-0.4, -0.2) is 79.3 Å². The summed E-state index contributed by atoms with van der Waals surface area (Å²) in [6, 6.07) is 0.750. The first-order valence-electron chi connectivity index (χ1n) is 7.87. The average Bonchev–Trinajstić information content (AvgIpc) is 3.00. The summed E-state index contributed by atoms with van der Waals surface area (Å²) < 4.78 is 11.7. The molecule has 0 aromatic rings. The Labute approximate surface area is 121 Å². The fraction of sp³-hybridized carbons (Fsp3) is 1.00. The van der Waals surface area contributed by atoms with E-state index in [-0.39, 0.29) is 12.1 Å². The third-order valence-corrected chi connectivity index (χ3v) is 5.33. The molecule has 1 N–H and O–H groups in total. The summed E-state index contributed by atoms with van der Waals surface area (Å²) in [5.41, 5.74) is 0. The molecule has 3 rings (SSSR count). The zero-order chi connectivity index (χ0) is 14.3. The van der Waals surface area contributed by atoms with Gasteiger partial charge in [0.25, 0.3) is 0 Å². The van der Waals surface area contributed by atoms with Crippen molar-refractivity contribution in [1.82, 2.24) is 9.80 Å². The van der Waals surface area contributed by atoms with Crippen molar-refractivity contribution in [2.45, 2.75) is 50.2 Å². The van der Waals surface area contributed by atoms with Crippen LogP contribution in [0.5, 0.6) is 0 Å². The zero-order valence-electron chi connectivity index (χ0n) is 12.9. The number of likely N-dealkylation sites (N-methyl/N-ethyl adjacent to an activating group) is 1. The standard InChI is InChI=1S/C15H28N2O3/c1-11-9-17(10-13(11)16(2)3)12-8-15(5-4-14(12)18)19-6-7-20-15/h11-14,18H,4-10H2,1-3H3. The van der Waals surface area contributed by atoms with Gasteiger partial charge in [-0.3, -0.25) is 4.90 Å². The Hall–Kier alpha value is -0.200. The molecule has 1 saturated carbocycles.